The summed E-state index contributed by atoms with van der Waals surface area (Å²) < 4.78 is 41.5. The van der Waals surface area contributed by atoms with Crippen LogP contribution in [0.2, 0.25) is 0 Å². The predicted molar refractivity (Wildman–Crippen MR) is 51.9 cm³/mol. The molecule has 1 aromatic carbocycles. The van der Waals surface area contributed by atoms with Crippen molar-refractivity contribution in [1.29, 1.82) is 0 Å². The largest absolute Gasteiger partial charge is 0.467 e. The summed E-state index contributed by atoms with van der Waals surface area (Å²) in [6, 6.07) is 5.30. The second-order valence-corrected chi connectivity index (χ2v) is 3.01. The lowest BCUT2D eigenvalue weighted by Gasteiger charge is -2.20. The Hall–Kier alpha value is -1.72. The third kappa shape index (κ3) is 3.15. The van der Waals surface area contributed by atoms with Gasteiger partial charge in [-0.15, -0.1) is 0 Å². The first-order valence-corrected chi connectivity index (χ1v) is 4.41. The number of hydrogen-bond acceptors (Lipinski definition) is 3. The molecule has 1 unspecified atom stereocenters. The molecule has 16 heavy (non-hydrogen) atoms. The highest BCUT2D eigenvalue weighted by Crippen LogP contribution is 2.24. The van der Waals surface area contributed by atoms with Crippen molar-refractivity contribution in [3.63, 3.8) is 0 Å². The number of anilines is 1. The number of carbonyl (C=O) groups is 1. The number of alkyl halides is 3. The van der Waals surface area contributed by atoms with Crippen molar-refractivity contribution in [2.75, 3.05) is 12.4 Å². The minimum atomic E-state index is -4.69. The van der Waals surface area contributed by atoms with Crippen LogP contribution in [0.25, 0.3) is 0 Å². The molecule has 0 bridgehead atoms. The summed E-state index contributed by atoms with van der Waals surface area (Å²) in [4.78, 5) is 11.0. The molecule has 3 nitrogen and oxygen atoms in total. The maximum absolute atomic E-state index is 12.5. The van der Waals surface area contributed by atoms with Gasteiger partial charge < -0.3 is 10.1 Å². The number of halogens is 3. The second-order valence-electron chi connectivity index (χ2n) is 3.01. The van der Waals surface area contributed by atoms with Gasteiger partial charge in [0.15, 0.2) is 0 Å². The fraction of sp³-hybridized carbons (Fsp3) is 0.300. The fourth-order valence-corrected chi connectivity index (χ4v) is 1.09. The van der Waals surface area contributed by atoms with Crippen molar-refractivity contribution in [1.82, 2.24) is 0 Å². The average Bonchev–Trinajstić information content (AvgIpc) is 2.25. The van der Waals surface area contributed by atoms with Crippen LogP contribution in [0.4, 0.5) is 18.9 Å². The van der Waals surface area contributed by atoms with Gasteiger partial charge in [0.2, 0.25) is 6.04 Å². The van der Waals surface area contributed by atoms with Gasteiger partial charge in [0.25, 0.3) is 0 Å². The van der Waals surface area contributed by atoms with Crippen LogP contribution >= 0.6 is 0 Å². The Balaban J connectivity index is 2.84. The van der Waals surface area contributed by atoms with Crippen molar-refractivity contribution in [3.8, 4) is 0 Å². The summed E-state index contributed by atoms with van der Waals surface area (Å²) in [5.41, 5.74) is 0.204. The smallest absolute Gasteiger partial charge is 0.419 e. The molecular weight excluding hydrogens is 223 g/mol. The van der Waals surface area contributed by atoms with Crippen LogP contribution in [0, 0.1) is 0 Å². The third-order valence-corrected chi connectivity index (χ3v) is 1.85. The molecule has 1 N–H and O–H groups in total. The number of para-hydroxylation sites is 1. The summed E-state index contributed by atoms with van der Waals surface area (Å²) in [5.74, 6) is -1.36. The van der Waals surface area contributed by atoms with Crippen LogP contribution in [0.3, 0.4) is 0 Å². The molecule has 0 aliphatic rings. The average molecular weight is 233 g/mol. The number of hydrogen-bond donors (Lipinski definition) is 1. The zero-order chi connectivity index (χ0) is 12.2. The fourth-order valence-electron chi connectivity index (χ4n) is 1.09. The lowest BCUT2D eigenvalue weighted by atomic mass is 10.2. The topological polar surface area (TPSA) is 38.3 Å². The Morgan fingerprint density at radius 3 is 2.31 bits per heavy atom. The highest BCUT2D eigenvalue weighted by Gasteiger charge is 2.46. The zero-order valence-electron chi connectivity index (χ0n) is 8.41. The zero-order valence-corrected chi connectivity index (χ0v) is 8.41. The molecule has 0 aliphatic carbocycles. The number of nitrogens with one attached hydrogen (secondary N) is 1. The van der Waals surface area contributed by atoms with Crippen molar-refractivity contribution in [2.45, 2.75) is 12.2 Å². The van der Waals surface area contributed by atoms with Crippen molar-refractivity contribution in [3.05, 3.63) is 30.3 Å². The Labute approximate surface area is 90.2 Å². The van der Waals surface area contributed by atoms with E-state index in [4.69, 9.17) is 0 Å². The lowest BCUT2D eigenvalue weighted by Crippen LogP contribution is -2.43. The first kappa shape index (κ1) is 12.4. The lowest BCUT2D eigenvalue weighted by molar-refractivity contribution is -0.173. The molecule has 6 heteroatoms. The Bertz CT molecular complexity index is 351. The maximum Gasteiger partial charge on any atom is 0.419 e. The van der Waals surface area contributed by atoms with Gasteiger partial charge in [0, 0.05) is 5.69 Å². The maximum atomic E-state index is 12.5. The van der Waals surface area contributed by atoms with Gasteiger partial charge in [-0.2, -0.15) is 13.2 Å². The number of rotatable bonds is 3. The van der Waals surface area contributed by atoms with Gasteiger partial charge in [0.05, 0.1) is 7.11 Å². The molecule has 0 heterocycles. The number of esters is 1. The molecule has 0 amide bonds. The van der Waals surface area contributed by atoms with Gasteiger partial charge in [-0.3, -0.25) is 0 Å². The Kier molecular flexibility index (Phi) is 3.76. The Morgan fingerprint density at radius 1 is 1.31 bits per heavy atom. The minimum absolute atomic E-state index is 0.204. The molecule has 0 spiro atoms. The monoisotopic (exact) mass is 233 g/mol. The van der Waals surface area contributed by atoms with E-state index in [1.165, 1.54) is 12.1 Å². The van der Waals surface area contributed by atoms with E-state index < -0.39 is 18.2 Å². The van der Waals surface area contributed by atoms with Gasteiger partial charge in [-0.05, 0) is 12.1 Å². The molecule has 1 aromatic rings. The molecule has 1 atom stereocenters. The standard InChI is InChI=1S/C10H10F3NO2/c1-16-9(15)8(10(11,12)13)14-7-5-3-2-4-6-7/h2-6,8,14H,1H3. The van der Waals surface area contributed by atoms with Crippen LogP contribution in [0.1, 0.15) is 0 Å². The van der Waals surface area contributed by atoms with E-state index in [9.17, 15) is 18.0 Å². The van der Waals surface area contributed by atoms with Crippen LogP contribution < -0.4 is 5.32 Å². The molecule has 88 valence electrons. The number of methoxy groups -OCH3 is 1. The molecule has 1 rings (SSSR count). The van der Waals surface area contributed by atoms with E-state index >= 15 is 0 Å². The molecule has 0 fully saturated rings. The molecular formula is C10H10F3NO2. The third-order valence-electron chi connectivity index (χ3n) is 1.85. The van der Waals surface area contributed by atoms with Gasteiger partial charge >= 0.3 is 12.1 Å². The van der Waals surface area contributed by atoms with E-state index in [1.807, 2.05) is 0 Å². The van der Waals surface area contributed by atoms with Crippen LogP contribution in [0.15, 0.2) is 30.3 Å². The minimum Gasteiger partial charge on any atom is -0.467 e. The van der Waals surface area contributed by atoms with Gasteiger partial charge in [-0.25, -0.2) is 4.79 Å². The second kappa shape index (κ2) is 4.87. The number of benzene rings is 1. The normalized spacial score (nSPS) is 13.0. The van der Waals surface area contributed by atoms with E-state index in [-0.39, 0.29) is 5.69 Å². The van der Waals surface area contributed by atoms with E-state index in [0.717, 1.165) is 7.11 Å². The highest BCUT2D eigenvalue weighted by atomic mass is 19.4. The summed E-state index contributed by atoms with van der Waals surface area (Å²) >= 11 is 0. The molecule has 0 radical (unpaired) electrons. The van der Waals surface area contributed by atoms with E-state index in [0.29, 0.717) is 0 Å². The van der Waals surface area contributed by atoms with E-state index in [1.54, 1.807) is 18.2 Å². The summed E-state index contributed by atoms with van der Waals surface area (Å²) in [5, 5.41) is 2.07. The first-order valence-electron chi connectivity index (χ1n) is 4.41. The first-order chi connectivity index (χ1) is 7.45. The summed E-state index contributed by atoms with van der Waals surface area (Å²) in [6.07, 6.45) is -4.69. The highest BCUT2D eigenvalue weighted by molar-refractivity contribution is 5.80. The number of ether oxygens (including phenoxy) is 1. The van der Waals surface area contributed by atoms with Crippen molar-refractivity contribution in [2.24, 2.45) is 0 Å². The summed E-state index contributed by atoms with van der Waals surface area (Å²) in [6.45, 7) is 0. The quantitative estimate of drug-likeness (QED) is 0.813. The molecule has 0 aromatic heterocycles. The van der Waals surface area contributed by atoms with Crippen LogP contribution in [-0.2, 0) is 9.53 Å². The molecule has 0 aliphatic heterocycles. The molecule has 0 saturated carbocycles. The summed E-state index contributed by atoms with van der Waals surface area (Å²) in [7, 11) is 0.910. The predicted octanol–water partition coefficient (Wildman–Crippen LogP) is 2.20. The SMILES string of the molecule is COC(=O)C(Nc1ccccc1)C(F)(F)F. The van der Waals surface area contributed by atoms with E-state index in [2.05, 4.69) is 10.1 Å². The Morgan fingerprint density at radius 2 is 1.88 bits per heavy atom. The number of carbonyl (C=O) groups excluding carboxylic acids is 1. The van der Waals surface area contributed by atoms with Gasteiger partial charge in [0.1, 0.15) is 0 Å². The van der Waals surface area contributed by atoms with Gasteiger partial charge in [-0.1, -0.05) is 18.2 Å². The molecule has 0 saturated heterocycles. The van der Waals surface area contributed by atoms with Crippen LogP contribution in [-0.4, -0.2) is 25.3 Å². The van der Waals surface area contributed by atoms with Crippen molar-refractivity contribution < 1.29 is 22.7 Å². The van der Waals surface area contributed by atoms with Crippen molar-refractivity contribution >= 4 is 11.7 Å². The van der Waals surface area contributed by atoms with Crippen LogP contribution in [0.5, 0.6) is 0 Å².